The number of carbonyl (C=O) groups excluding carboxylic acids is 1. The van der Waals surface area contributed by atoms with Gasteiger partial charge in [0, 0.05) is 37.4 Å². The van der Waals surface area contributed by atoms with Crippen molar-refractivity contribution in [2.24, 2.45) is 0 Å². The third kappa shape index (κ3) is 3.68. The lowest BCUT2D eigenvalue weighted by Gasteiger charge is -2.41. The number of carbonyl (C=O) groups is 1. The van der Waals surface area contributed by atoms with E-state index in [0.29, 0.717) is 6.04 Å². The van der Waals surface area contributed by atoms with Gasteiger partial charge in [0.05, 0.1) is 13.2 Å². The number of anilines is 1. The molecule has 4 rings (SSSR count). The van der Waals surface area contributed by atoms with Gasteiger partial charge in [-0.25, -0.2) is 4.79 Å². The highest BCUT2D eigenvalue weighted by Crippen LogP contribution is 2.33. The number of methoxy groups -OCH3 is 1. The SMILES string of the molecule is COc1cccc(NC(=O)N2CCN(C3CC3)CC2c2ccccc2)c1. The summed E-state index contributed by atoms with van der Waals surface area (Å²) in [4.78, 5) is 17.5. The van der Waals surface area contributed by atoms with E-state index in [1.807, 2.05) is 47.4 Å². The van der Waals surface area contributed by atoms with Gasteiger partial charge in [0.15, 0.2) is 0 Å². The molecular formula is C21H25N3O2. The fourth-order valence-corrected chi connectivity index (χ4v) is 3.68. The molecule has 1 saturated carbocycles. The van der Waals surface area contributed by atoms with Crippen LogP contribution in [0.5, 0.6) is 5.75 Å². The number of nitrogens with one attached hydrogen (secondary N) is 1. The number of piperazine rings is 1. The molecule has 2 fully saturated rings. The molecule has 5 nitrogen and oxygen atoms in total. The highest BCUT2D eigenvalue weighted by atomic mass is 16.5. The van der Waals surface area contributed by atoms with Crippen molar-refractivity contribution in [1.29, 1.82) is 0 Å². The molecule has 2 aromatic carbocycles. The van der Waals surface area contributed by atoms with Crippen molar-refractivity contribution in [2.75, 3.05) is 32.1 Å². The Hall–Kier alpha value is -2.53. The van der Waals surface area contributed by atoms with Crippen molar-refractivity contribution in [3.05, 3.63) is 60.2 Å². The average molecular weight is 351 g/mol. The molecule has 1 saturated heterocycles. The molecule has 1 aliphatic carbocycles. The van der Waals surface area contributed by atoms with Crippen molar-refractivity contribution in [1.82, 2.24) is 9.80 Å². The van der Waals surface area contributed by atoms with E-state index < -0.39 is 0 Å². The topological polar surface area (TPSA) is 44.8 Å². The van der Waals surface area contributed by atoms with E-state index in [2.05, 4.69) is 22.3 Å². The summed E-state index contributed by atoms with van der Waals surface area (Å²) in [7, 11) is 1.63. The van der Waals surface area contributed by atoms with E-state index in [-0.39, 0.29) is 12.1 Å². The van der Waals surface area contributed by atoms with Gasteiger partial charge in [0.25, 0.3) is 0 Å². The van der Waals surface area contributed by atoms with Crippen LogP contribution in [-0.2, 0) is 0 Å². The van der Waals surface area contributed by atoms with Crippen LogP contribution >= 0.6 is 0 Å². The molecule has 1 unspecified atom stereocenters. The van der Waals surface area contributed by atoms with Crippen molar-refractivity contribution >= 4 is 11.7 Å². The summed E-state index contributed by atoms with van der Waals surface area (Å²) in [5.74, 6) is 0.737. The van der Waals surface area contributed by atoms with Gasteiger partial charge in [-0.3, -0.25) is 4.90 Å². The number of nitrogens with zero attached hydrogens (tertiary/aromatic N) is 2. The highest BCUT2D eigenvalue weighted by molar-refractivity contribution is 5.90. The quantitative estimate of drug-likeness (QED) is 0.912. The average Bonchev–Trinajstić information content (AvgIpc) is 3.53. The van der Waals surface area contributed by atoms with Crippen LogP contribution < -0.4 is 10.1 Å². The Bertz CT molecular complexity index is 761. The highest BCUT2D eigenvalue weighted by Gasteiger charge is 2.37. The third-order valence-corrected chi connectivity index (χ3v) is 5.24. The summed E-state index contributed by atoms with van der Waals surface area (Å²) in [6.07, 6.45) is 2.58. The molecule has 2 aromatic rings. The van der Waals surface area contributed by atoms with Gasteiger partial charge >= 0.3 is 6.03 Å². The number of hydrogen-bond acceptors (Lipinski definition) is 3. The van der Waals surface area contributed by atoms with Crippen LogP contribution in [0.25, 0.3) is 0 Å². The molecular weight excluding hydrogens is 326 g/mol. The molecule has 2 aliphatic rings. The Balaban J connectivity index is 1.53. The second-order valence-electron chi connectivity index (χ2n) is 7.01. The van der Waals surface area contributed by atoms with Crippen molar-refractivity contribution in [3.8, 4) is 5.75 Å². The fourth-order valence-electron chi connectivity index (χ4n) is 3.68. The lowest BCUT2D eigenvalue weighted by molar-refractivity contribution is 0.0954. The molecule has 0 radical (unpaired) electrons. The fraction of sp³-hybridized carbons (Fsp3) is 0.381. The minimum Gasteiger partial charge on any atom is -0.497 e. The van der Waals surface area contributed by atoms with Gasteiger partial charge in [-0.15, -0.1) is 0 Å². The summed E-state index contributed by atoms with van der Waals surface area (Å²) >= 11 is 0. The van der Waals surface area contributed by atoms with Crippen LogP contribution in [0.4, 0.5) is 10.5 Å². The Morgan fingerprint density at radius 3 is 2.62 bits per heavy atom. The standard InChI is InChI=1S/C21H25N3O2/c1-26-19-9-5-8-17(14-19)22-21(25)24-13-12-23(18-10-11-18)15-20(24)16-6-3-2-4-7-16/h2-9,14,18,20H,10-13,15H2,1H3,(H,22,25). The number of amides is 2. The lowest BCUT2D eigenvalue weighted by atomic mass is 10.0. The first-order valence-corrected chi connectivity index (χ1v) is 9.25. The van der Waals surface area contributed by atoms with Crippen LogP contribution in [0.15, 0.2) is 54.6 Å². The van der Waals surface area contributed by atoms with Crippen LogP contribution in [-0.4, -0.2) is 48.6 Å². The van der Waals surface area contributed by atoms with Crippen LogP contribution in [0, 0.1) is 0 Å². The van der Waals surface area contributed by atoms with Crippen molar-refractivity contribution in [2.45, 2.75) is 24.9 Å². The second kappa shape index (κ2) is 7.38. The number of hydrogen-bond donors (Lipinski definition) is 1. The van der Waals surface area contributed by atoms with Crippen molar-refractivity contribution < 1.29 is 9.53 Å². The van der Waals surface area contributed by atoms with E-state index in [1.54, 1.807) is 7.11 Å². The number of rotatable bonds is 4. The Morgan fingerprint density at radius 2 is 1.88 bits per heavy atom. The molecule has 5 heteroatoms. The largest absolute Gasteiger partial charge is 0.497 e. The van der Waals surface area contributed by atoms with Gasteiger partial charge in [0.2, 0.25) is 0 Å². The number of urea groups is 1. The molecule has 1 atom stereocenters. The van der Waals surface area contributed by atoms with E-state index in [0.717, 1.165) is 31.1 Å². The summed E-state index contributed by atoms with van der Waals surface area (Å²) in [6, 6.07) is 18.6. The monoisotopic (exact) mass is 351 g/mol. The van der Waals surface area contributed by atoms with Gasteiger partial charge in [-0.05, 0) is 30.5 Å². The van der Waals surface area contributed by atoms with Crippen LogP contribution in [0.3, 0.4) is 0 Å². The van der Waals surface area contributed by atoms with E-state index in [1.165, 1.54) is 18.4 Å². The summed E-state index contributed by atoms with van der Waals surface area (Å²) in [5.41, 5.74) is 1.95. The van der Waals surface area contributed by atoms with E-state index >= 15 is 0 Å². The second-order valence-corrected chi connectivity index (χ2v) is 7.01. The van der Waals surface area contributed by atoms with Crippen LogP contribution in [0.1, 0.15) is 24.4 Å². The molecule has 0 spiro atoms. The van der Waals surface area contributed by atoms with E-state index in [9.17, 15) is 4.79 Å². The number of ether oxygens (including phenoxy) is 1. The summed E-state index contributed by atoms with van der Waals surface area (Å²) in [5, 5.41) is 3.03. The first-order chi connectivity index (χ1) is 12.7. The van der Waals surface area contributed by atoms with Gasteiger partial charge in [-0.2, -0.15) is 0 Å². The molecule has 1 N–H and O–H groups in total. The Morgan fingerprint density at radius 1 is 1.08 bits per heavy atom. The Labute approximate surface area is 154 Å². The Kier molecular flexibility index (Phi) is 4.80. The zero-order valence-corrected chi connectivity index (χ0v) is 15.1. The van der Waals surface area contributed by atoms with E-state index in [4.69, 9.17) is 4.74 Å². The van der Waals surface area contributed by atoms with Gasteiger partial charge in [0.1, 0.15) is 5.75 Å². The normalized spacial score (nSPS) is 20.7. The summed E-state index contributed by atoms with van der Waals surface area (Å²) in [6.45, 7) is 2.59. The van der Waals surface area contributed by atoms with Crippen molar-refractivity contribution in [3.63, 3.8) is 0 Å². The summed E-state index contributed by atoms with van der Waals surface area (Å²) < 4.78 is 5.25. The maximum absolute atomic E-state index is 13.0. The molecule has 1 heterocycles. The molecule has 0 aromatic heterocycles. The molecule has 0 bridgehead atoms. The molecule has 2 amide bonds. The maximum Gasteiger partial charge on any atom is 0.322 e. The number of benzene rings is 2. The van der Waals surface area contributed by atoms with Gasteiger partial charge < -0.3 is 15.0 Å². The van der Waals surface area contributed by atoms with Crippen LogP contribution in [0.2, 0.25) is 0 Å². The molecule has 1 aliphatic heterocycles. The molecule has 26 heavy (non-hydrogen) atoms. The smallest absolute Gasteiger partial charge is 0.322 e. The zero-order valence-electron chi connectivity index (χ0n) is 15.1. The first-order valence-electron chi connectivity index (χ1n) is 9.25. The van der Waals surface area contributed by atoms with Gasteiger partial charge in [-0.1, -0.05) is 36.4 Å². The first kappa shape index (κ1) is 16.9. The molecule has 136 valence electrons. The maximum atomic E-state index is 13.0. The predicted octanol–water partition coefficient (Wildman–Crippen LogP) is 3.75. The minimum absolute atomic E-state index is 0.0532. The lowest BCUT2D eigenvalue weighted by Crippen LogP contribution is -2.52. The third-order valence-electron chi connectivity index (χ3n) is 5.24. The minimum atomic E-state index is -0.0532. The predicted molar refractivity (Wildman–Crippen MR) is 102 cm³/mol. The zero-order chi connectivity index (χ0) is 17.9.